The number of aryl methyl sites for hydroxylation is 2. The predicted molar refractivity (Wildman–Crippen MR) is 102 cm³/mol. The van der Waals surface area contributed by atoms with Gasteiger partial charge in [0, 0.05) is 11.6 Å². The zero-order valence-corrected chi connectivity index (χ0v) is 16.4. The highest BCUT2D eigenvalue weighted by Crippen LogP contribution is 2.31. The standard InChI is InChI=1S/C19H25N3O3S/c1-12(2)20-19(23)17-10-18(15-6-5-13(3)14(4)9-15)22(21-17)16-7-8-26(24,25)11-16/h5-6,9-10,12,16H,7-8,11H2,1-4H3,(H,20,23). The minimum absolute atomic E-state index is 0.00424. The van der Waals surface area contributed by atoms with Crippen molar-refractivity contribution in [1.29, 1.82) is 0 Å². The maximum Gasteiger partial charge on any atom is 0.271 e. The minimum atomic E-state index is -3.05. The third-order valence-electron chi connectivity index (χ3n) is 4.75. The lowest BCUT2D eigenvalue weighted by molar-refractivity contribution is 0.0937. The summed E-state index contributed by atoms with van der Waals surface area (Å²) in [5.74, 6) is -0.0143. The van der Waals surface area contributed by atoms with Crippen LogP contribution in [0, 0.1) is 13.8 Å². The minimum Gasteiger partial charge on any atom is -0.348 e. The van der Waals surface area contributed by atoms with Gasteiger partial charge in [-0.3, -0.25) is 9.48 Å². The van der Waals surface area contributed by atoms with Crippen LogP contribution in [-0.2, 0) is 9.84 Å². The van der Waals surface area contributed by atoms with Gasteiger partial charge in [-0.2, -0.15) is 5.10 Å². The number of benzene rings is 1. The van der Waals surface area contributed by atoms with Gasteiger partial charge in [-0.05, 0) is 57.4 Å². The van der Waals surface area contributed by atoms with E-state index < -0.39 is 9.84 Å². The first kappa shape index (κ1) is 18.6. The van der Waals surface area contributed by atoms with Crippen LogP contribution in [0.3, 0.4) is 0 Å². The fourth-order valence-corrected chi connectivity index (χ4v) is 4.90. The molecule has 26 heavy (non-hydrogen) atoms. The molecule has 1 aromatic heterocycles. The van der Waals surface area contributed by atoms with Gasteiger partial charge < -0.3 is 5.32 Å². The van der Waals surface area contributed by atoms with Crippen LogP contribution in [-0.4, -0.2) is 41.7 Å². The summed E-state index contributed by atoms with van der Waals surface area (Å²) in [6.45, 7) is 7.86. The second-order valence-corrected chi connectivity index (χ2v) is 9.57. The topological polar surface area (TPSA) is 81.1 Å². The molecule has 3 rings (SSSR count). The van der Waals surface area contributed by atoms with Crippen molar-refractivity contribution in [2.24, 2.45) is 0 Å². The van der Waals surface area contributed by atoms with E-state index in [0.29, 0.717) is 12.1 Å². The molecule has 0 bridgehead atoms. The highest BCUT2D eigenvalue weighted by atomic mass is 32.2. The Morgan fingerprint density at radius 3 is 2.54 bits per heavy atom. The number of carbonyl (C=O) groups is 1. The van der Waals surface area contributed by atoms with Crippen molar-refractivity contribution in [3.05, 3.63) is 41.1 Å². The molecular formula is C19H25N3O3S. The maximum atomic E-state index is 12.4. The fourth-order valence-electron chi connectivity index (χ4n) is 3.20. The molecule has 1 saturated heterocycles. The van der Waals surface area contributed by atoms with Gasteiger partial charge in [0.2, 0.25) is 0 Å². The van der Waals surface area contributed by atoms with E-state index in [-0.39, 0.29) is 29.5 Å². The number of hydrogen-bond acceptors (Lipinski definition) is 4. The Bertz CT molecular complexity index is 945. The molecule has 1 fully saturated rings. The zero-order chi connectivity index (χ0) is 19.1. The quantitative estimate of drug-likeness (QED) is 0.891. The molecule has 2 aromatic rings. The molecular weight excluding hydrogens is 350 g/mol. The third kappa shape index (κ3) is 3.82. The molecule has 1 atom stereocenters. The number of aromatic nitrogens is 2. The van der Waals surface area contributed by atoms with E-state index in [0.717, 1.165) is 16.8 Å². The molecule has 140 valence electrons. The predicted octanol–water partition coefficient (Wildman–Crippen LogP) is 2.66. The van der Waals surface area contributed by atoms with Crippen LogP contribution in [0.4, 0.5) is 0 Å². The molecule has 1 aromatic carbocycles. The zero-order valence-electron chi connectivity index (χ0n) is 15.6. The van der Waals surface area contributed by atoms with Gasteiger partial charge in [0.05, 0.1) is 23.2 Å². The molecule has 0 spiro atoms. The van der Waals surface area contributed by atoms with Crippen molar-refractivity contribution in [2.45, 2.75) is 46.2 Å². The van der Waals surface area contributed by atoms with E-state index in [1.165, 1.54) is 5.56 Å². The van der Waals surface area contributed by atoms with Crippen molar-refractivity contribution >= 4 is 15.7 Å². The number of sulfone groups is 1. The third-order valence-corrected chi connectivity index (χ3v) is 6.50. The Hall–Kier alpha value is -2.15. The normalized spacial score (nSPS) is 19.0. The average molecular weight is 375 g/mol. The average Bonchev–Trinajstić information content (AvgIpc) is 3.13. The highest BCUT2D eigenvalue weighted by molar-refractivity contribution is 7.91. The molecule has 6 nitrogen and oxygen atoms in total. The molecule has 1 N–H and O–H groups in total. The lowest BCUT2D eigenvalue weighted by Gasteiger charge is -2.14. The van der Waals surface area contributed by atoms with Crippen molar-refractivity contribution in [3.63, 3.8) is 0 Å². The van der Waals surface area contributed by atoms with Gasteiger partial charge >= 0.3 is 0 Å². The van der Waals surface area contributed by atoms with Crippen LogP contribution in [0.15, 0.2) is 24.3 Å². The number of nitrogens with one attached hydrogen (secondary N) is 1. The molecule has 0 saturated carbocycles. The van der Waals surface area contributed by atoms with E-state index in [1.54, 1.807) is 10.7 Å². The Labute approximate surface area is 154 Å². The summed E-state index contributed by atoms with van der Waals surface area (Å²) < 4.78 is 25.6. The number of amides is 1. The molecule has 1 aliphatic heterocycles. The second kappa shape index (κ2) is 6.87. The van der Waals surface area contributed by atoms with Crippen molar-refractivity contribution in [1.82, 2.24) is 15.1 Å². The second-order valence-electron chi connectivity index (χ2n) is 7.34. The van der Waals surface area contributed by atoms with Crippen LogP contribution in [0.25, 0.3) is 11.3 Å². The van der Waals surface area contributed by atoms with Crippen LogP contribution in [0.5, 0.6) is 0 Å². The van der Waals surface area contributed by atoms with Gasteiger partial charge in [0.1, 0.15) is 0 Å². The van der Waals surface area contributed by atoms with Crippen LogP contribution in [0.2, 0.25) is 0 Å². The van der Waals surface area contributed by atoms with Gasteiger partial charge in [0.25, 0.3) is 5.91 Å². The monoisotopic (exact) mass is 375 g/mol. The molecule has 1 amide bonds. The summed E-state index contributed by atoms with van der Waals surface area (Å²) in [5.41, 5.74) is 4.36. The van der Waals surface area contributed by atoms with Crippen LogP contribution >= 0.6 is 0 Å². The van der Waals surface area contributed by atoms with Gasteiger partial charge in [-0.1, -0.05) is 12.1 Å². The van der Waals surface area contributed by atoms with Gasteiger partial charge in [0.15, 0.2) is 15.5 Å². The molecule has 7 heteroatoms. The first-order valence-electron chi connectivity index (χ1n) is 8.85. The smallest absolute Gasteiger partial charge is 0.271 e. The van der Waals surface area contributed by atoms with Crippen molar-refractivity contribution < 1.29 is 13.2 Å². The Balaban J connectivity index is 2.07. The van der Waals surface area contributed by atoms with E-state index in [2.05, 4.69) is 16.5 Å². The number of hydrogen-bond donors (Lipinski definition) is 1. The van der Waals surface area contributed by atoms with Crippen molar-refractivity contribution in [3.8, 4) is 11.3 Å². The maximum absolute atomic E-state index is 12.4. The van der Waals surface area contributed by atoms with Gasteiger partial charge in [-0.15, -0.1) is 0 Å². The summed E-state index contributed by atoms with van der Waals surface area (Å²) in [5, 5.41) is 7.32. The van der Waals surface area contributed by atoms with E-state index in [4.69, 9.17) is 0 Å². The molecule has 0 aliphatic carbocycles. The summed E-state index contributed by atoms with van der Waals surface area (Å²) >= 11 is 0. The summed E-state index contributed by atoms with van der Waals surface area (Å²) in [7, 11) is -3.05. The molecule has 1 aliphatic rings. The summed E-state index contributed by atoms with van der Waals surface area (Å²) in [6.07, 6.45) is 0.521. The first-order valence-corrected chi connectivity index (χ1v) is 10.7. The van der Waals surface area contributed by atoms with E-state index in [1.807, 2.05) is 39.8 Å². The molecule has 2 heterocycles. The van der Waals surface area contributed by atoms with E-state index in [9.17, 15) is 13.2 Å². The lowest BCUT2D eigenvalue weighted by Crippen LogP contribution is -2.30. The van der Waals surface area contributed by atoms with E-state index >= 15 is 0 Å². The lowest BCUT2D eigenvalue weighted by atomic mass is 10.0. The van der Waals surface area contributed by atoms with Gasteiger partial charge in [-0.25, -0.2) is 8.42 Å². The van der Waals surface area contributed by atoms with Crippen LogP contribution < -0.4 is 5.32 Å². The summed E-state index contributed by atoms with van der Waals surface area (Å²) in [6, 6.07) is 7.59. The number of nitrogens with zero attached hydrogens (tertiary/aromatic N) is 2. The molecule has 0 radical (unpaired) electrons. The number of rotatable bonds is 4. The van der Waals surface area contributed by atoms with Crippen LogP contribution in [0.1, 0.15) is 47.9 Å². The SMILES string of the molecule is Cc1ccc(-c2cc(C(=O)NC(C)C)nn2C2CCS(=O)(=O)C2)cc1C. The Morgan fingerprint density at radius 2 is 1.96 bits per heavy atom. The Kier molecular flexibility index (Phi) is 4.92. The Morgan fingerprint density at radius 1 is 1.23 bits per heavy atom. The fraction of sp³-hybridized carbons (Fsp3) is 0.474. The number of carbonyl (C=O) groups excluding carboxylic acids is 1. The molecule has 1 unspecified atom stereocenters. The first-order chi connectivity index (χ1) is 12.2. The highest BCUT2D eigenvalue weighted by Gasteiger charge is 2.32. The largest absolute Gasteiger partial charge is 0.348 e. The summed E-state index contributed by atoms with van der Waals surface area (Å²) in [4.78, 5) is 12.4. The van der Waals surface area contributed by atoms with Crippen molar-refractivity contribution in [2.75, 3.05) is 11.5 Å².